The van der Waals surface area contributed by atoms with Gasteiger partial charge in [0.25, 0.3) is 5.91 Å². The molecule has 0 bridgehead atoms. The number of carbonyl (C=O) groups is 1. The lowest BCUT2D eigenvalue weighted by atomic mass is 10.1. The Kier molecular flexibility index (Phi) is 5.36. The molecule has 0 saturated carbocycles. The summed E-state index contributed by atoms with van der Waals surface area (Å²) in [6.45, 7) is 4.67. The molecular weight excluding hydrogens is 346 g/mol. The van der Waals surface area contributed by atoms with Crippen LogP contribution >= 0.6 is 0 Å². The van der Waals surface area contributed by atoms with Gasteiger partial charge < -0.3 is 14.6 Å². The first-order valence-corrected chi connectivity index (χ1v) is 8.74. The third kappa shape index (κ3) is 3.61. The number of hydrogen-bond acceptors (Lipinski definition) is 5. The lowest BCUT2D eigenvalue weighted by Crippen LogP contribution is -2.35. The van der Waals surface area contributed by atoms with Crippen molar-refractivity contribution in [3.63, 3.8) is 0 Å². The zero-order chi connectivity index (χ0) is 19.6. The number of aromatic nitrogens is 4. The van der Waals surface area contributed by atoms with Gasteiger partial charge in [0.15, 0.2) is 0 Å². The van der Waals surface area contributed by atoms with Gasteiger partial charge in [-0.25, -0.2) is 4.98 Å². The topological polar surface area (TPSA) is 91.0 Å². The van der Waals surface area contributed by atoms with E-state index < -0.39 is 11.9 Å². The maximum absolute atomic E-state index is 12.9. The van der Waals surface area contributed by atoms with Crippen molar-refractivity contribution in [2.45, 2.75) is 26.4 Å². The Labute approximate surface area is 156 Å². The number of amides is 1. The molecule has 1 N–H and O–H groups in total. The van der Waals surface area contributed by atoms with Gasteiger partial charge in [0.05, 0.1) is 23.7 Å². The quantitative estimate of drug-likeness (QED) is 0.712. The molecule has 3 aromatic rings. The number of methoxy groups -OCH3 is 1. The first-order chi connectivity index (χ1) is 13.0. The number of nitrogens with zero attached hydrogens (tertiary/aromatic N) is 4. The summed E-state index contributed by atoms with van der Waals surface area (Å²) < 4.78 is 8.71. The molecule has 0 saturated heterocycles. The molecule has 1 amide bonds. The van der Waals surface area contributed by atoms with Crippen LogP contribution in [0.1, 0.15) is 34.7 Å². The second-order valence-corrected chi connectivity index (χ2v) is 6.34. The van der Waals surface area contributed by atoms with Crippen molar-refractivity contribution in [1.29, 1.82) is 0 Å². The van der Waals surface area contributed by atoms with Gasteiger partial charge in [0.2, 0.25) is 5.43 Å². The summed E-state index contributed by atoms with van der Waals surface area (Å²) in [6, 6.07) is 4.88. The molecule has 142 valence electrons. The Balaban J connectivity index is 2.02. The summed E-state index contributed by atoms with van der Waals surface area (Å²) >= 11 is 0. The highest BCUT2D eigenvalue weighted by Gasteiger charge is 2.22. The van der Waals surface area contributed by atoms with E-state index in [1.165, 1.54) is 0 Å². The minimum atomic E-state index is -0.451. The van der Waals surface area contributed by atoms with E-state index in [1.54, 1.807) is 49.4 Å². The summed E-state index contributed by atoms with van der Waals surface area (Å²) in [5, 5.41) is 7.45. The fourth-order valence-corrected chi connectivity index (χ4v) is 3.09. The third-order valence-electron chi connectivity index (χ3n) is 4.50. The Bertz CT molecular complexity index is 1040. The number of fused-ring (bicyclic) bond motifs is 1. The molecular formula is C19H23N5O3. The Hall–Kier alpha value is -3.00. The van der Waals surface area contributed by atoms with Crippen LogP contribution < -0.4 is 10.7 Å². The van der Waals surface area contributed by atoms with Crippen LogP contribution in [0.4, 0.5) is 0 Å². The smallest absolute Gasteiger partial charge is 0.257 e. The fourth-order valence-electron chi connectivity index (χ4n) is 3.09. The molecule has 0 aliphatic rings. The number of ether oxygens (including phenoxy) is 1. The zero-order valence-corrected chi connectivity index (χ0v) is 15.9. The summed E-state index contributed by atoms with van der Waals surface area (Å²) in [4.78, 5) is 30.2. The predicted molar refractivity (Wildman–Crippen MR) is 102 cm³/mol. The maximum atomic E-state index is 12.9. The van der Waals surface area contributed by atoms with Gasteiger partial charge in [-0.05, 0) is 32.0 Å². The molecule has 0 spiro atoms. The molecule has 1 unspecified atom stereocenters. The second-order valence-electron chi connectivity index (χ2n) is 6.34. The van der Waals surface area contributed by atoms with Crippen LogP contribution in [-0.4, -0.2) is 39.0 Å². The molecule has 3 aromatic heterocycles. The van der Waals surface area contributed by atoms with Crippen molar-refractivity contribution < 1.29 is 9.53 Å². The zero-order valence-electron chi connectivity index (χ0n) is 15.9. The van der Waals surface area contributed by atoms with E-state index >= 15 is 0 Å². The van der Waals surface area contributed by atoms with Gasteiger partial charge in [-0.2, -0.15) is 5.10 Å². The highest BCUT2D eigenvalue weighted by molar-refractivity contribution is 5.97. The van der Waals surface area contributed by atoms with E-state index in [9.17, 15) is 9.59 Å². The Morgan fingerprint density at radius 2 is 2.11 bits per heavy atom. The predicted octanol–water partition coefficient (Wildman–Crippen LogP) is 1.58. The van der Waals surface area contributed by atoms with Crippen LogP contribution in [0, 0.1) is 6.92 Å². The van der Waals surface area contributed by atoms with Crippen LogP contribution in [0.25, 0.3) is 11.0 Å². The van der Waals surface area contributed by atoms with E-state index in [1.807, 2.05) is 18.4 Å². The fraction of sp³-hybridized carbons (Fsp3) is 0.368. The highest BCUT2D eigenvalue weighted by Crippen LogP contribution is 2.14. The van der Waals surface area contributed by atoms with E-state index in [-0.39, 0.29) is 17.6 Å². The molecule has 0 aliphatic carbocycles. The maximum Gasteiger partial charge on any atom is 0.257 e. The first-order valence-electron chi connectivity index (χ1n) is 8.74. The molecule has 3 heterocycles. The normalized spacial score (nSPS) is 12.3. The summed E-state index contributed by atoms with van der Waals surface area (Å²) in [5.41, 5.74) is 1.94. The summed E-state index contributed by atoms with van der Waals surface area (Å²) in [6.07, 6.45) is 3.22. The van der Waals surface area contributed by atoms with Crippen LogP contribution in [-0.2, 0) is 18.3 Å². The highest BCUT2D eigenvalue weighted by atomic mass is 16.5. The van der Waals surface area contributed by atoms with Crippen molar-refractivity contribution in [1.82, 2.24) is 24.6 Å². The lowest BCUT2D eigenvalue weighted by molar-refractivity contribution is 0.0890. The van der Waals surface area contributed by atoms with Crippen LogP contribution in [0.5, 0.6) is 0 Å². The van der Waals surface area contributed by atoms with Gasteiger partial charge in [-0.1, -0.05) is 0 Å². The third-order valence-corrected chi connectivity index (χ3v) is 4.50. The van der Waals surface area contributed by atoms with Gasteiger partial charge >= 0.3 is 0 Å². The number of pyridine rings is 2. The van der Waals surface area contributed by atoms with Gasteiger partial charge in [0, 0.05) is 38.8 Å². The van der Waals surface area contributed by atoms with Crippen molar-refractivity contribution in [3.8, 4) is 0 Å². The molecule has 8 nitrogen and oxygen atoms in total. The van der Waals surface area contributed by atoms with Crippen LogP contribution in [0.15, 0.2) is 35.4 Å². The molecule has 27 heavy (non-hydrogen) atoms. The average Bonchev–Trinajstić information content (AvgIpc) is 3.07. The average molecular weight is 369 g/mol. The van der Waals surface area contributed by atoms with E-state index in [4.69, 9.17) is 4.74 Å². The largest absolute Gasteiger partial charge is 0.382 e. The minimum Gasteiger partial charge on any atom is -0.382 e. The van der Waals surface area contributed by atoms with Crippen LogP contribution in [0.3, 0.4) is 0 Å². The lowest BCUT2D eigenvalue weighted by Gasteiger charge is -2.19. The van der Waals surface area contributed by atoms with Gasteiger partial charge in [-0.3, -0.25) is 14.3 Å². The van der Waals surface area contributed by atoms with Crippen molar-refractivity contribution in [3.05, 3.63) is 57.8 Å². The Morgan fingerprint density at radius 1 is 1.33 bits per heavy atom. The van der Waals surface area contributed by atoms with Crippen LogP contribution in [0.2, 0.25) is 0 Å². The SMILES string of the molecule is CCn1cc(C(=O)NC(COC)c2ccnn2C)c(=O)c2ccc(C)nc21. The van der Waals surface area contributed by atoms with Crippen molar-refractivity contribution in [2.75, 3.05) is 13.7 Å². The van der Waals surface area contributed by atoms with E-state index in [0.717, 1.165) is 11.4 Å². The molecule has 0 aliphatic heterocycles. The summed E-state index contributed by atoms with van der Waals surface area (Å²) in [5.74, 6) is -0.451. The molecule has 1 atom stereocenters. The molecule has 0 fully saturated rings. The van der Waals surface area contributed by atoms with Crippen molar-refractivity contribution in [2.24, 2.45) is 7.05 Å². The van der Waals surface area contributed by atoms with Crippen molar-refractivity contribution >= 4 is 16.9 Å². The molecule has 0 radical (unpaired) electrons. The van der Waals surface area contributed by atoms with Gasteiger partial charge in [0.1, 0.15) is 11.2 Å². The number of aryl methyl sites for hydroxylation is 3. The first kappa shape index (κ1) is 18.8. The monoisotopic (exact) mass is 369 g/mol. The molecule has 0 aromatic carbocycles. The van der Waals surface area contributed by atoms with E-state index in [0.29, 0.717) is 17.6 Å². The minimum absolute atomic E-state index is 0.0817. The number of nitrogens with one attached hydrogen (secondary N) is 1. The standard InChI is InChI=1S/C19H23N5O3/c1-5-24-10-14(17(25)13-7-6-12(2)21-18(13)24)19(26)22-15(11-27-4)16-8-9-20-23(16)3/h6-10,15H,5,11H2,1-4H3,(H,22,26). The number of rotatable bonds is 6. The second kappa shape index (κ2) is 7.71. The number of carbonyl (C=O) groups excluding carboxylic acids is 1. The molecule has 8 heteroatoms. The number of hydrogen-bond donors (Lipinski definition) is 1. The Morgan fingerprint density at radius 3 is 2.74 bits per heavy atom. The van der Waals surface area contributed by atoms with E-state index in [2.05, 4.69) is 15.4 Å². The summed E-state index contributed by atoms with van der Waals surface area (Å²) in [7, 11) is 3.35. The molecule has 3 rings (SSSR count). The van der Waals surface area contributed by atoms with Gasteiger partial charge in [-0.15, -0.1) is 0 Å².